The molecule has 6 aromatic rings. The van der Waals surface area contributed by atoms with Crippen LogP contribution in [0.25, 0.3) is 54.0 Å². The standard InChI is InChI=1S/C46H58O2S2.6CH3.2Sn/c1-3-5-7-9-11-13-15-17-19-21-23-35-29-31-49-45(35)41-33-37-25-27-40-39(43(37)47-41)28-26-38-34-42(48-44(38)40)46-36(30-32-50-46)24-22-20-18-16-14-12-10-8-6-4-2;;;;;;;;/h25-30,33-34H,3-24H2,1-2H3;6*1H3;;. The Morgan fingerprint density at radius 2 is 0.741 bits per heavy atom. The molecule has 0 N–H and O–H groups in total. The van der Waals surface area contributed by atoms with Gasteiger partial charge in [0.1, 0.15) is 0 Å². The molecule has 0 saturated heterocycles. The summed E-state index contributed by atoms with van der Waals surface area (Å²) in [5, 5.41) is 4.69. The Morgan fingerprint density at radius 3 is 1.07 bits per heavy atom. The van der Waals surface area contributed by atoms with Gasteiger partial charge in [0.15, 0.2) is 0 Å². The van der Waals surface area contributed by atoms with Crippen LogP contribution < -0.4 is 5.79 Å². The maximum atomic E-state index is 6.94. The first-order chi connectivity index (χ1) is 28.0. The molecule has 0 unspecified atom stereocenters. The van der Waals surface area contributed by atoms with Gasteiger partial charge in [0, 0.05) is 0 Å². The second-order valence-corrected chi connectivity index (χ2v) is 52.5. The third-order valence-corrected chi connectivity index (χ3v) is 33.5. The number of thiophene rings is 2. The number of furan rings is 2. The third-order valence-electron chi connectivity index (χ3n) is 12.3. The molecule has 0 saturated carbocycles. The SMILES string of the molecule is CCCCCCCCCCCCc1c[c]([Sn]([CH3])([CH3])[CH3])sc1-c1cc2ccc3c(ccc4cc(-c5s[c]([Sn]([CH3])([CH3])[CH3])cc5CCCCCCCCCCCC)oc43)c2o1. The topological polar surface area (TPSA) is 26.3 Å². The molecular weight excluding hydrogens is 958 g/mol. The van der Waals surface area contributed by atoms with E-state index in [1.54, 1.807) is 5.79 Å². The summed E-state index contributed by atoms with van der Waals surface area (Å²) in [6.45, 7) is 4.61. The van der Waals surface area contributed by atoms with Crippen LogP contribution in [0.3, 0.4) is 0 Å². The average molecular weight is 1030 g/mol. The van der Waals surface area contributed by atoms with Crippen molar-refractivity contribution in [3.63, 3.8) is 0 Å². The van der Waals surface area contributed by atoms with Crippen molar-refractivity contribution in [2.75, 3.05) is 0 Å². The molecule has 0 aliphatic rings. The van der Waals surface area contributed by atoms with Crippen LogP contribution in [-0.2, 0) is 12.8 Å². The first-order valence-corrected chi connectivity index (χ1v) is 45.2. The predicted octanol–water partition coefficient (Wildman–Crippen LogP) is 17.8. The Morgan fingerprint density at radius 1 is 0.414 bits per heavy atom. The molecule has 2 nitrogen and oxygen atoms in total. The van der Waals surface area contributed by atoms with Crippen molar-refractivity contribution in [2.45, 2.75) is 185 Å². The molecule has 0 radical (unpaired) electrons. The normalized spacial score (nSPS) is 12.6. The second kappa shape index (κ2) is 22.2. The van der Waals surface area contributed by atoms with Crippen LogP contribution in [0.4, 0.5) is 0 Å². The molecule has 0 aliphatic carbocycles. The number of unbranched alkanes of at least 4 members (excludes halogenated alkanes) is 18. The monoisotopic (exact) mass is 1040 g/mol. The molecule has 0 fully saturated rings. The van der Waals surface area contributed by atoms with Crippen molar-refractivity contribution in [1.82, 2.24) is 0 Å². The van der Waals surface area contributed by atoms with Gasteiger partial charge in [-0.1, -0.05) is 39.5 Å². The zero-order valence-corrected chi connectivity index (χ0v) is 45.1. The molecule has 316 valence electrons. The minimum atomic E-state index is -2.27. The molecule has 6 rings (SSSR count). The summed E-state index contributed by atoms with van der Waals surface area (Å²) in [6, 6.07) is 18.9. The molecule has 0 bridgehead atoms. The van der Waals surface area contributed by atoms with E-state index in [2.05, 4.69) is 92.0 Å². The zero-order chi connectivity index (χ0) is 41.1. The van der Waals surface area contributed by atoms with Crippen LogP contribution in [0.1, 0.15) is 153 Å². The maximum absolute atomic E-state index is 6.94. The van der Waals surface area contributed by atoms with E-state index in [1.165, 1.54) is 160 Å². The van der Waals surface area contributed by atoms with Crippen molar-refractivity contribution in [3.05, 3.63) is 59.7 Å². The van der Waals surface area contributed by atoms with Gasteiger partial charge in [-0.05, 0) is 0 Å². The quantitative estimate of drug-likeness (QED) is 0.0400. The van der Waals surface area contributed by atoms with E-state index < -0.39 is 36.8 Å². The Balaban J connectivity index is 1.19. The van der Waals surface area contributed by atoms with Crippen molar-refractivity contribution >= 4 is 97.9 Å². The fourth-order valence-corrected chi connectivity index (χ4v) is 21.5. The summed E-state index contributed by atoms with van der Waals surface area (Å²) in [6.07, 6.45) is 29.8. The fourth-order valence-electron chi connectivity index (χ4n) is 8.62. The minimum absolute atomic E-state index is 0.994. The van der Waals surface area contributed by atoms with E-state index in [1.807, 2.05) is 22.7 Å². The third kappa shape index (κ3) is 12.5. The first-order valence-electron chi connectivity index (χ1n) is 23.6. The summed E-state index contributed by atoms with van der Waals surface area (Å²) < 4.78 is 17.2. The van der Waals surface area contributed by atoms with Crippen LogP contribution in [0, 0.1) is 0 Å². The van der Waals surface area contributed by atoms with E-state index in [-0.39, 0.29) is 0 Å². The molecule has 0 aliphatic heterocycles. The summed E-state index contributed by atoms with van der Waals surface area (Å²) in [5.41, 5.74) is 5.01. The Labute approximate surface area is 369 Å². The Bertz CT molecular complexity index is 2010. The van der Waals surface area contributed by atoms with E-state index in [0.717, 1.165) is 46.3 Å². The molecular formula is C52H76O2S2Sn2. The molecule has 4 heterocycles. The summed E-state index contributed by atoms with van der Waals surface area (Å²) in [5.74, 6) is 2.10. The molecule has 4 aromatic heterocycles. The van der Waals surface area contributed by atoms with Crippen LogP contribution in [0.5, 0.6) is 0 Å². The van der Waals surface area contributed by atoms with Gasteiger partial charge in [-0.25, -0.2) is 0 Å². The Kier molecular flexibility index (Phi) is 17.7. The number of hydrogen-bond acceptors (Lipinski definition) is 4. The van der Waals surface area contributed by atoms with Gasteiger partial charge >= 0.3 is 333 Å². The predicted molar refractivity (Wildman–Crippen MR) is 267 cm³/mol. The van der Waals surface area contributed by atoms with Gasteiger partial charge in [-0.3, -0.25) is 0 Å². The van der Waals surface area contributed by atoms with Crippen molar-refractivity contribution < 1.29 is 8.83 Å². The van der Waals surface area contributed by atoms with Crippen molar-refractivity contribution in [1.29, 1.82) is 0 Å². The number of hydrogen-bond donors (Lipinski definition) is 0. The van der Waals surface area contributed by atoms with Crippen LogP contribution in [-0.4, -0.2) is 36.8 Å². The molecule has 58 heavy (non-hydrogen) atoms. The summed E-state index contributed by atoms with van der Waals surface area (Å²) in [4.78, 5) is 18.0. The van der Waals surface area contributed by atoms with Crippen molar-refractivity contribution in [3.8, 4) is 21.3 Å². The van der Waals surface area contributed by atoms with Crippen LogP contribution in [0.2, 0.25) is 29.6 Å². The van der Waals surface area contributed by atoms with Gasteiger partial charge < -0.3 is 0 Å². The zero-order valence-electron chi connectivity index (χ0n) is 37.8. The number of fused-ring (bicyclic) bond motifs is 5. The van der Waals surface area contributed by atoms with Crippen LogP contribution >= 0.6 is 22.7 Å². The second-order valence-electron chi connectivity index (χ2n) is 19.6. The van der Waals surface area contributed by atoms with E-state index >= 15 is 0 Å². The summed E-state index contributed by atoms with van der Waals surface area (Å²) >= 11 is -0.472. The molecule has 2 aromatic carbocycles. The van der Waals surface area contributed by atoms with Gasteiger partial charge in [0.25, 0.3) is 0 Å². The van der Waals surface area contributed by atoms with Gasteiger partial charge in [0.2, 0.25) is 0 Å². The summed E-state index contributed by atoms with van der Waals surface area (Å²) in [7, 11) is 0. The number of benzene rings is 2. The van der Waals surface area contributed by atoms with E-state index in [0.29, 0.717) is 0 Å². The fraction of sp³-hybridized carbons (Fsp3) is 0.577. The van der Waals surface area contributed by atoms with E-state index in [4.69, 9.17) is 8.83 Å². The number of rotatable bonds is 26. The van der Waals surface area contributed by atoms with E-state index in [9.17, 15) is 0 Å². The average Bonchev–Trinajstić information content (AvgIpc) is 4.00. The molecule has 0 spiro atoms. The molecule has 6 heteroatoms. The van der Waals surface area contributed by atoms with Crippen molar-refractivity contribution in [2.24, 2.45) is 0 Å². The Hall–Kier alpha value is -1.22. The van der Waals surface area contributed by atoms with Gasteiger partial charge in [-0.2, -0.15) is 0 Å². The van der Waals surface area contributed by atoms with Gasteiger partial charge in [0.05, 0.1) is 0 Å². The van der Waals surface area contributed by atoms with Gasteiger partial charge in [-0.15, -0.1) is 0 Å². The number of aryl methyl sites for hydroxylation is 2. The first kappa shape index (κ1) is 46.3. The van der Waals surface area contributed by atoms with Crippen LogP contribution in [0.15, 0.2) is 57.4 Å². The molecule has 0 amide bonds. The molecule has 0 atom stereocenters.